The van der Waals surface area contributed by atoms with Crippen LogP contribution >= 0.6 is 0 Å². The lowest BCUT2D eigenvalue weighted by Crippen LogP contribution is -2.31. The van der Waals surface area contributed by atoms with Crippen LogP contribution < -0.4 is 5.32 Å². The fraction of sp³-hybridized carbons (Fsp3) is 1.00. The van der Waals surface area contributed by atoms with Crippen LogP contribution in [0.5, 0.6) is 0 Å². The van der Waals surface area contributed by atoms with Crippen molar-refractivity contribution in [3.63, 3.8) is 0 Å². The Morgan fingerprint density at radius 2 is 2.09 bits per heavy atom. The van der Waals surface area contributed by atoms with E-state index in [9.17, 15) is 0 Å². The molecule has 2 unspecified atom stereocenters. The molecule has 0 bridgehead atoms. The van der Waals surface area contributed by atoms with E-state index in [1.807, 2.05) is 0 Å². The molecule has 1 aliphatic heterocycles. The van der Waals surface area contributed by atoms with Gasteiger partial charge in [0.1, 0.15) is 6.23 Å². The van der Waals surface area contributed by atoms with Gasteiger partial charge in [-0.1, -0.05) is 20.8 Å². The van der Waals surface area contributed by atoms with Gasteiger partial charge in [-0.25, -0.2) is 0 Å². The summed E-state index contributed by atoms with van der Waals surface area (Å²) >= 11 is 0. The van der Waals surface area contributed by atoms with Crippen LogP contribution in [0.2, 0.25) is 0 Å². The Bertz CT molecular complexity index is 128. The van der Waals surface area contributed by atoms with Crippen LogP contribution in [0.15, 0.2) is 0 Å². The van der Waals surface area contributed by atoms with Crippen molar-refractivity contribution >= 4 is 0 Å². The second kappa shape index (κ2) is 3.11. The van der Waals surface area contributed by atoms with Gasteiger partial charge in [0.15, 0.2) is 0 Å². The molecule has 2 nitrogen and oxygen atoms in total. The Kier molecular flexibility index (Phi) is 2.55. The zero-order chi connectivity index (χ0) is 8.48. The molecule has 0 aromatic carbocycles. The van der Waals surface area contributed by atoms with Gasteiger partial charge in [0.2, 0.25) is 0 Å². The van der Waals surface area contributed by atoms with Gasteiger partial charge in [0, 0.05) is 6.04 Å². The van der Waals surface area contributed by atoms with Crippen molar-refractivity contribution in [1.29, 1.82) is 0 Å². The summed E-state index contributed by atoms with van der Waals surface area (Å²) in [6.07, 6.45) is 1.38. The molecule has 1 N–H and O–H groups in total. The average Bonchev–Trinajstić information content (AvgIpc) is 2.10. The van der Waals surface area contributed by atoms with Crippen molar-refractivity contribution in [3.05, 3.63) is 0 Å². The van der Waals surface area contributed by atoms with Crippen LogP contribution in [0, 0.1) is 5.41 Å². The SMILES string of the molecule is CC1COC(CC(C)(C)C)N1. The highest BCUT2D eigenvalue weighted by molar-refractivity contribution is 4.75. The average molecular weight is 157 g/mol. The molecule has 1 heterocycles. The molecular weight excluding hydrogens is 138 g/mol. The molecule has 0 aromatic rings. The van der Waals surface area contributed by atoms with Crippen LogP contribution in [0.3, 0.4) is 0 Å². The molecule has 2 atom stereocenters. The van der Waals surface area contributed by atoms with Gasteiger partial charge in [0.25, 0.3) is 0 Å². The second-order valence-corrected chi connectivity index (χ2v) is 4.65. The number of nitrogens with one attached hydrogen (secondary N) is 1. The van der Waals surface area contributed by atoms with E-state index >= 15 is 0 Å². The maximum Gasteiger partial charge on any atom is 0.108 e. The number of hydrogen-bond donors (Lipinski definition) is 1. The summed E-state index contributed by atoms with van der Waals surface area (Å²) in [5.41, 5.74) is 0.363. The molecule has 66 valence electrons. The first-order valence-corrected chi connectivity index (χ1v) is 4.35. The van der Waals surface area contributed by atoms with E-state index in [2.05, 4.69) is 33.0 Å². The van der Waals surface area contributed by atoms with E-state index in [4.69, 9.17) is 4.74 Å². The number of hydrogen-bond acceptors (Lipinski definition) is 2. The third kappa shape index (κ3) is 3.21. The molecular formula is C9H19NO. The van der Waals surface area contributed by atoms with Crippen LogP contribution in [0.1, 0.15) is 34.1 Å². The minimum absolute atomic E-state index is 0.282. The standard InChI is InChI=1S/C9H19NO/c1-7-6-11-8(10-7)5-9(2,3)4/h7-8,10H,5-6H2,1-4H3. The molecule has 2 heteroatoms. The maximum atomic E-state index is 5.53. The second-order valence-electron chi connectivity index (χ2n) is 4.65. The van der Waals surface area contributed by atoms with Gasteiger partial charge in [-0.15, -0.1) is 0 Å². The summed E-state index contributed by atoms with van der Waals surface area (Å²) in [6.45, 7) is 9.73. The van der Waals surface area contributed by atoms with E-state index in [1.54, 1.807) is 0 Å². The third-order valence-corrected chi connectivity index (χ3v) is 1.82. The Hall–Kier alpha value is -0.0800. The predicted molar refractivity (Wildman–Crippen MR) is 46.4 cm³/mol. The van der Waals surface area contributed by atoms with Gasteiger partial charge in [-0.2, -0.15) is 0 Å². The van der Waals surface area contributed by atoms with Gasteiger partial charge in [-0.3, -0.25) is 5.32 Å². The van der Waals surface area contributed by atoms with Crippen LogP contribution in [-0.4, -0.2) is 18.9 Å². The normalized spacial score (nSPS) is 32.7. The highest BCUT2D eigenvalue weighted by atomic mass is 16.5. The van der Waals surface area contributed by atoms with Crippen molar-refractivity contribution in [3.8, 4) is 0 Å². The lowest BCUT2D eigenvalue weighted by Gasteiger charge is -2.22. The lowest BCUT2D eigenvalue weighted by molar-refractivity contribution is 0.0658. The highest BCUT2D eigenvalue weighted by Crippen LogP contribution is 2.23. The minimum atomic E-state index is 0.282. The minimum Gasteiger partial charge on any atom is -0.362 e. The predicted octanol–water partition coefficient (Wildman–Crippen LogP) is 1.76. The molecule has 11 heavy (non-hydrogen) atoms. The Labute approximate surface area is 69.3 Å². The summed E-state index contributed by atoms with van der Waals surface area (Å²) < 4.78 is 5.53. The quantitative estimate of drug-likeness (QED) is 0.626. The summed E-state index contributed by atoms with van der Waals surface area (Å²) in [6, 6.07) is 0.530. The first kappa shape index (κ1) is 9.01. The first-order chi connectivity index (χ1) is 4.97. The summed E-state index contributed by atoms with van der Waals surface area (Å²) in [5.74, 6) is 0. The molecule has 0 spiro atoms. The molecule has 0 radical (unpaired) electrons. The smallest absolute Gasteiger partial charge is 0.108 e. The number of ether oxygens (including phenoxy) is 1. The summed E-state index contributed by atoms with van der Waals surface area (Å²) in [7, 11) is 0. The highest BCUT2D eigenvalue weighted by Gasteiger charge is 2.25. The topological polar surface area (TPSA) is 21.3 Å². The molecule has 1 fully saturated rings. The van der Waals surface area contributed by atoms with E-state index in [1.165, 1.54) is 0 Å². The van der Waals surface area contributed by atoms with Crippen molar-refractivity contribution in [2.75, 3.05) is 6.61 Å². The van der Waals surface area contributed by atoms with Crippen molar-refractivity contribution in [1.82, 2.24) is 5.32 Å². The van der Waals surface area contributed by atoms with Crippen LogP contribution in [0.4, 0.5) is 0 Å². The van der Waals surface area contributed by atoms with E-state index in [0.29, 0.717) is 11.5 Å². The van der Waals surface area contributed by atoms with Crippen LogP contribution in [-0.2, 0) is 4.74 Å². The zero-order valence-electron chi connectivity index (χ0n) is 7.98. The zero-order valence-corrected chi connectivity index (χ0v) is 7.98. The Morgan fingerprint density at radius 3 is 2.45 bits per heavy atom. The summed E-state index contributed by atoms with van der Waals surface area (Å²) in [4.78, 5) is 0. The maximum absolute atomic E-state index is 5.53. The van der Waals surface area contributed by atoms with Crippen molar-refractivity contribution < 1.29 is 4.74 Å². The molecule has 0 saturated carbocycles. The first-order valence-electron chi connectivity index (χ1n) is 4.35. The van der Waals surface area contributed by atoms with Gasteiger partial charge in [0.05, 0.1) is 6.61 Å². The fourth-order valence-corrected chi connectivity index (χ4v) is 1.35. The molecule has 0 aromatic heterocycles. The van der Waals surface area contributed by atoms with E-state index in [0.717, 1.165) is 13.0 Å². The molecule has 1 rings (SSSR count). The lowest BCUT2D eigenvalue weighted by atomic mass is 9.91. The van der Waals surface area contributed by atoms with Gasteiger partial charge >= 0.3 is 0 Å². The molecule has 0 amide bonds. The fourth-order valence-electron chi connectivity index (χ4n) is 1.35. The van der Waals surface area contributed by atoms with Gasteiger partial charge < -0.3 is 4.74 Å². The van der Waals surface area contributed by atoms with Crippen molar-refractivity contribution in [2.24, 2.45) is 5.41 Å². The van der Waals surface area contributed by atoms with Crippen molar-refractivity contribution in [2.45, 2.75) is 46.4 Å². The number of rotatable bonds is 1. The summed E-state index contributed by atoms with van der Waals surface area (Å²) in [5, 5.41) is 3.39. The van der Waals surface area contributed by atoms with E-state index < -0.39 is 0 Å². The molecule has 1 saturated heterocycles. The Morgan fingerprint density at radius 1 is 1.45 bits per heavy atom. The molecule has 0 aliphatic carbocycles. The van der Waals surface area contributed by atoms with Crippen LogP contribution in [0.25, 0.3) is 0 Å². The third-order valence-electron chi connectivity index (χ3n) is 1.82. The van der Waals surface area contributed by atoms with Gasteiger partial charge in [-0.05, 0) is 18.8 Å². The monoisotopic (exact) mass is 157 g/mol. The Balaban J connectivity index is 2.29. The van der Waals surface area contributed by atoms with E-state index in [-0.39, 0.29) is 6.23 Å². The largest absolute Gasteiger partial charge is 0.362 e. The molecule has 1 aliphatic rings.